The van der Waals surface area contributed by atoms with Crippen LogP contribution in [0.15, 0.2) is 47.6 Å². The van der Waals surface area contributed by atoms with Crippen molar-refractivity contribution in [2.45, 2.75) is 51.9 Å². The lowest BCUT2D eigenvalue weighted by molar-refractivity contribution is -0.108. The van der Waals surface area contributed by atoms with Crippen LogP contribution in [0.25, 0.3) is 0 Å². The molecule has 2 aromatic carbocycles. The van der Waals surface area contributed by atoms with Gasteiger partial charge in [-0.05, 0) is 43.3 Å². The van der Waals surface area contributed by atoms with Gasteiger partial charge < -0.3 is 19.2 Å². The average Bonchev–Trinajstić information content (AvgIpc) is 3.19. The number of ether oxygens (including phenoxy) is 2. The Hall–Kier alpha value is -3.30. The van der Waals surface area contributed by atoms with Crippen molar-refractivity contribution < 1.29 is 31.8 Å². The molecule has 0 aliphatic carbocycles. The first-order valence-electron chi connectivity index (χ1n) is 12.4. The summed E-state index contributed by atoms with van der Waals surface area (Å²) in [7, 11) is 0. The van der Waals surface area contributed by atoms with E-state index in [1.54, 1.807) is 36.4 Å². The first-order chi connectivity index (χ1) is 17.6. The Balaban J connectivity index is 1.42. The van der Waals surface area contributed by atoms with Crippen LogP contribution >= 0.6 is 0 Å². The van der Waals surface area contributed by atoms with E-state index in [9.17, 15) is 22.4 Å². The zero-order valence-corrected chi connectivity index (χ0v) is 21.0. The topological polar surface area (TPSA) is 54.4 Å². The molecule has 37 heavy (non-hydrogen) atoms. The molecule has 0 saturated carbocycles. The van der Waals surface area contributed by atoms with E-state index in [2.05, 4.69) is 5.10 Å². The predicted octanol–water partition coefficient (Wildman–Crippen LogP) is 5.85. The van der Waals surface area contributed by atoms with Gasteiger partial charge in [0.1, 0.15) is 35.4 Å². The van der Waals surface area contributed by atoms with Crippen LogP contribution in [0, 0.1) is 17.7 Å². The number of alkyl halides is 3. The SMILES string of the molecule is CCOc1ccc(F)c(N2CC[C@@H](Oc3ccc(N4N=C(C(F)(F)F)C(C)[C@@H]4CC=O)cc3)C(C)C2)c1. The Bertz CT molecular complexity index is 1120. The molecule has 10 heteroatoms. The largest absolute Gasteiger partial charge is 0.494 e. The third-order valence-corrected chi connectivity index (χ3v) is 6.95. The van der Waals surface area contributed by atoms with Crippen LogP contribution in [0.5, 0.6) is 11.5 Å². The second-order valence-electron chi connectivity index (χ2n) is 9.49. The predicted molar refractivity (Wildman–Crippen MR) is 134 cm³/mol. The molecule has 0 radical (unpaired) electrons. The van der Waals surface area contributed by atoms with Gasteiger partial charge in [0.05, 0.1) is 24.0 Å². The molecule has 0 N–H and O–H groups in total. The number of carbonyl (C=O) groups is 1. The fraction of sp³-hybridized carbons (Fsp3) is 0.481. The molecule has 0 bridgehead atoms. The number of benzene rings is 2. The average molecular weight is 522 g/mol. The highest BCUT2D eigenvalue weighted by Gasteiger charge is 2.48. The van der Waals surface area contributed by atoms with Crippen molar-refractivity contribution in [1.82, 2.24) is 0 Å². The maximum atomic E-state index is 14.5. The summed E-state index contributed by atoms with van der Waals surface area (Å²) in [6, 6.07) is 10.7. The minimum atomic E-state index is -4.56. The molecule has 0 amide bonds. The van der Waals surface area contributed by atoms with Crippen LogP contribution < -0.4 is 19.4 Å². The first kappa shape index (κ1) is 26.8. The normalized spacial score (nSPS) is 24.1. The molecule has 0 spiro atoms. The van der Waals surface area contributed by atoms with Gasteiger partial charge in [-0.2, -0.15) is 18.3 Å². The van der Waals surface area contributed by atoms with E-state index in [0.29, 0.717) is 55.3 Å². The highest BCUT2D eigenvalue weighted by molar-refractivity contribution is 5.95. The molecule has 1 saturated heterocycles. The van der Waals surface area contributed by atoms with Gasteiger partial charge in [-0.25, -0.2) is 4.39 Å². The van der Waals surface area contributed by atoms with Crippen LogP contribution in [-0.4, -0.2) is 50.0 Å². The number of halogens is 4. The molecule has 0 aromatic heterocycles. The number of nitrogens with zero attached hydrogens (tertiary/aromatic N) is 3. The summed E-state index contributed by atoms with van der Waals surface area (Å²) in [4.78, 5) is 13.1. The second-order valence-corrected chi connectivity index (χ2v) is 9.49. The van der Waals surface area contributed by atoms with E-state index in [1.807, 2.05) is 18.7 Å². The van der Waals surface area contributed by atoms with Gasteiger partial charge in [0.2, 0.25) is 0 Å². The van der Waals surface area contributed by atoms with E-state index in [4.69, 9.17) is 9.47 Å². The van der Waals surface area contributed by atoms with Gasteiger partial charge in [0.15, 0.2) is 0 Å². The molecule has 4 rings (SSSR count). The monoisotopic (exact) mass is 521 g/mol. The fourth-order valence-corrected chi connectivity index (χ4v) is 5.00. The standard InChI is InChI=1S/C27H31F4N3O3/c1-4-36-21-9-10-22(28)24(15-21)33-13-11-25(17(2)16-33)37-20-7-5-19(6-8-20)34-23(12-14-35)18(3)26(32-34)27(29,30)31/h5-10,14-15,17-18,23,25H,4,11-13,16H2,1-3H3/t17?,18?,23-,25+/m0/s1. The molecular formula is C27H31F4N3O3. The van der Waals surface area contributed by atoms with Crippen LogP contribution in [0.3, 0.4) is 0 Å². The molecule has 4 atom stereocenters. The maximum absolute atomic E-state index is 14.5. The molecule has 1 fully saturated rings. The van der Waals surface area contributed by atoms with Crippen molar-refractivity contribution in [3.63, 3.8) is 0 Å². The highest BCUT2D eigenvalue weighted by Crippen LogP contribution is 2.37. The van der Waals surface area contributed by atoms with Gasteiger partial charge in [-0.15, -0.1) is 0 Å². The van der Waals surface area contributed by atoms with Gasteiger partial charge in [-0.3, -0.25) is 5.01 Å². The number of aldehydes is 1. The molecule has 2 aromatic rings. The highest BCUT2D eigenvalue weighted by atomic mass is 19.4. The van der Waals surface area contributed by atoms with Crippen molar-refractivity contribution in [2.75, 3.05) is 29.6 Å². The quantitative estimate of drug-likeness (QED) is 0.322. The van der Waals surface area contributed by atoms with E-state index in [0.717, 1.165) is 0 Å². The van der Waals surface area contributed by atoms with Gasteiger partial charge >= 0.3 is 6.18 Å². The Morgan fingerprint density at radius 2 is 1.81 bits per heavy atom. The minimum absolute atomic E-state index is 0.0628. The summed E-state index contributed by atoms with van der Waals surface area (Å²) >= 11 is 0. The number of piperidine rings is 1. The second kappa shape index (κ2) is 11.0. The smallest absolute Gasteiger partial charge is 0.431 e. The lowest BCUT2D eigenvalue weighted by Gasteiger charge is -2.38. The number of carbonyl (C=O) groups excluding carboxylic acids is 1. The van der Waals surface area contributed by atoms with Crippen molar-refractivity contribution in [3.05, 3.63) is 48.3 Å². The van der Waals surface area contributed by atoms with E-state index in [-0.39, 0.29) is 24.3 Å². The molecule has 2 aliphatic rings. The molecular weight excluding hydrogens is 490 g/mol. The van der Waals surface area contributed by atoms with Crippen LogP contribution in [-0.2, 0) is 4.79 Å². The first-order valence-corrected chi connectivity index (χ1v) is 12.4. The number of hydrogen-bond acceptors (Lipinski definition) is 6. The van der Waals surface area contributed by atoms with Gasteiger partial charge in [0.25, 0.3) is 0 Å². The van der Waals surface area contributed by atoms with Gasteiger partial charge in [-0.1, -0.05) is 13.8 Å². The molecule has 2 unspecified atom stereocenters. The van der Waals surface area contributed by atoms with E-state index < -0.39 is 23.8 Å². The van der Waals surface area contributed by atoms with E-state index >= 15 is 0 Å². The lowest BCUT2D eigenvalue weighted by atomic mass is 9.95. The third kappa shape index (κ3) is 5.83. The summed E-state index contributed by atoms with van der Waals surface area (Å²) in [6.45, 7) is 7.06. The van der Waals surface area contributed by atoms with Crippen LogP contribution in [0.1, 0.15) is 33.6 Å². The Morgan fingerprint density at radius 1 is 1.11 bits per heavy atom. The zero-order valence-electron chi connectivity index (χ0n) is 21.0. The number of hydrogen-bond donors (Lipinski definition) is 0. The Labute approximate surface area is 213 Å². The number of anilines is 2. The number of hydrazone groups is 1. The van der Waals surface area contributed by atoms with Crippen LogP contribution in [0.2, 0.25) is 0 Å². The molecule has 200 valence electrons. The maximum Gasteiger partial charge on any atom is 0.431 e. The van der Waals surface area contributed by atoms with Crippen molar-refractivity contribution in [1.29, 1.82) is 0 Å². The number of rotatable bonds is 8. The van der Waals surface area contributed by atoms with Crippen LogP contribution in [0.4, 0.5) is 28.9 Å². The van der Waals surface area contributed by atoms with Crippen molar-refractivity contribution in [3.8, 4) is 11.5 Å². The van der Waals surface area contributed by atoms with Crippen molar-refractivity contribution in [2.24, 2.45) is 16.9 Å². The fourth-order valence-electron chi connectivity index (χ4n) is 5.00. The minimum Gasteiger partial charge on any atom is -0.494 e. The Kier molecular flexibility index (Phi) is 7.94. The lowest BCUT2D eigenvalue weighted by Crippen LogP contribution is -2.44. The summed E-state index contributed by atoms with van der Waals surface area (Å²) in [5.41, 5.74) is 0.0745. The van der Waals surface area contributed by atoms with Crippen molar-refractivity contribution >= 4 is 23.4 Å². The molecule has 6 nitrogen and oxygen atoms in total. The third-order valence-electron chi connectivity index (χ3n) is 6.95. The summed E-state index contributed by atoms with van der Waals surface area (Å²) in [5, 5.41) is 5.09. The summed E-state index contributed by atoms with van der Waals surface area (Å²) in [5.74, 6) is 0.0773. The Morgan fingerprint density at radius 3 is 2.43 bits per heavy atom. The zero-order chi connectivity index (χ0) is 26.7. The molecule has 2 heterocycles. The molecule has 2 aliphatic heterocycles. The van der Waals surface area contributed by atoms with E-state index in [1.165, 1.54) is 18.0 Å². The summed E-state index contributed by atoms with van der Waals surface area (Å²) in [6.07, 6.45) is -3.44. The summed E-state index contributed by atoms with van der Waals surface area (Å²) < 4.78 is 66.4. The van der Waals surface area contributed by atoms with Gasteiger partial charge in [0, 0.05) is 43.8 Å².